The van der Waals surface area contributed by atoms with Crippen LogP contribution in [0.2, 0.25) is 0 Å². The number of para-hydroxylation sites is 4. The first-order valence-corrected chi connectivity index (χ1v) is 20.0. The smallest absolute Gasteiger partial charge is 0.119 e. The Morgan fingerprint density at radius 3 is 1.14 bits per heavy atom. The van der Waals surface area contributed by atoms with Crippen LogP contribution in [-0.4, -0.2) is 16.2 Å². The van der Waals surface area contributed by atoms with Gasteiger partial charge in [-0.15, -0.1) is 0 Å². The van der Waals surface area contributed by atoms with Gasteiger partial charge in [0.15, 0.2) is 0 Å². The van der Waals surface area contributed by atoms with Crippen molar-refractivity contribution in [2.45, 2.75) is 0 Å². The molecule has 0 aliphatic heterocycles. The number of aromatic nitrogens is 2. The average Bonchev–Trinajstić information content (AvgIpc) is 3.81. The summed E-state index contributed by atoms with van der Waals surface area (Å²) in [5.74, 6) is 0.847. The van der Waals surface area contributed by atoms with Gasteiger partial charge in [0.05, 0.1) is 29.2 Å². The Bertz CT molecular complexity index is 3260. The molecular weight excluding hydrogens is 719 g/mol. The number of rotatable bonds is 8. The van der Waals surface area contributed by atoms with Crippen molar-refractivity contribution in [1.82, 2.24) is 9.13 Å². The lowest BCUT2D eigenvalue weighted by atomic mass is 9.99. The molecule has 0 amide bonds. The molecule has 2 aromatic heterocycles. The molecule has 9 aromatic carbocycles. The van der Waals surface area contributed by atoms with Crippen molar-refractivity contribution in [3.05, 3.63) is 218 Å². The lowest BCUT2D eigenvalue weighted by molar-refractivity contribution is 0.415. The van der Waals surface area contributed by atoms with E-state index >= 15 is 0 Å². The van der Waals surface area contributed by atoms with Crippen LogP contribution < -0.4 is 9.64 Å². The van der Waals surface area contributed by atoms with E-state index in [2.05, 4.69) is 226 Å². The average molecular weight is 758 g/mol. The fraction of sp³-hybridized carbons (Fsp3) is 0.0182. The predicted octanol–water partition coefficient (Wildman–Crippen LogP) is 14.7. The summed E-state index contributed by atoms with van der Waals surface area (Å²) < 4.78 is 10.5. The molecule has 0 spiro atoms. The summed E-state index contributed by atoms with van der Waals surface area (Å²) in [6, 6.07) is 78.4. The first-order valence-electron chi connectivity index (χ1n) is 20.0. The summed E-state index contributed by atoms with van der Waals surface area (Å²) in [6.45, 7) is 0. The van der Waals surface area contributed by atoms with Gasteiger partial charge in [0.1, 0.15) is 5.75 Å². The van der Waals surface area contributed by atoms with Crippen molar-refractivity contribution in [1.29, 1.82) is 0 Å². The van der Waals surface area contributed by atoms with Crippen molar-refractivity contribution in [2.24, 2.45) is 0 Å². The van der Waals surface area contributed by atoms with Gasteiger partial charge in [-0.3, -0.25) is 0 Å². The summed E-state index contributed by atoms with van der Waals surface area (Å²) in [6.07, 6.45) is 0. The second-order valence-corrected chi connectivity index (χ2v) is 15.0. The summed E-state index contributed by atoms with van der Waals surface area (Å²) in [5, 5.41) is 4.78. The minimum atomic E-state index is 0.847. The van der Waals surface area contributed by atoms with E-state index in [1.165, 1.54) is 43.9 Å². The molecule has 4 nitrogen and oxygen atoms in total. The van der Waals surface area contributed by atoms with Crippen LogP contribution in [0.1, 0.15) is 0 Å². The second kappa shape index (κ2) is 14.3. The largest absolute Gasteiger partial charge is 0.497 e. The number of methoxy groups -OCH3 is 1. The van der Waals surface area contributed by atoms with E-state index in [9.17, 15) is 0 Å². The Morgan fingerprint density at radius 2 is 0.695 bits per heavy atom. The van der Waals surface area contributed by atoms with Gasteiger partial charge >= 0.3 is 0 Å². The molecule has 0 fully saturated rings. The minimum Gasteiger partial charge on any atom is -0.497 e. The molecule has 11 aromatic rings. The van der Waals surface area contributed by atoms with Gasteiger partial charge in [0, 0.05) is 50.0 Å². The summed E-state index contributed by atoms with van der Waals surface area (Å²) in [7, 11) is 1.73. The monoisotopic (exact) mass is 757 g/mol. The van der Waals surface area contributed by atoms with Gasteiger partial charge in [-0.05, 0) is 138 Å². The number of nitrogens with zero attached hydrogens (tertiary/aromatic N) is 3. The van der Waals surface area contributed by atoms with Crippen LogP contribution in [0, 0.1) is 0 Å². The van der Waals surface area contributed by atoms with Crippen LogP contribution in [-0.2, 0) is 0 Å². The highest BCUT2D eigenvalue weighted by Crippen LogP contribution is 2.41. The van der Waals surface area contributed by atoms with Crippen LogP contribution in [0.15, 0.2) is 218 Å². The van der Waals surface area contributed by atoms with Gasteiger partial charge in [-0.1, -0.05) is 103 Å². The normalized spacial score (nSPS) is 11.5. The van der Waals surface area contributed by atoms with Crippen molar-refractivity contribution >= 4 is 60.7 Å². The quantitative estimate of drug-likeness (QED) is 0.154. The zero-order valence-corrected chi connectivity index (χ0v) is 32.5. The first kappa shape index (κ1) is 34.4. The van der Waals surface area contributed by atoms with Gasteiger partial charge in [0.25, 0.3) is 0 Å². The molecule has 2 heterocycles. The highest BCUT2D eigenvalue weighted by atomic mass is 16.5. The topological polar surface area (TPSA) is 22.3 Å². The molecule has 0 saturated heterocycles. The molecule has 59 heavy (non-hydrogen) atoms. The summed E-state index contributed by atoms with van der Waals surface area (Å²) in [4.78, 5) is 2.32. The van der Waals surface area contributed by atoms with E-state index in [0.717, 1.165) is 56.2 Å². The van der Waals surface area contributed by atoms with E-state index in [-0.39, 0.29) is 0 Å². The number of hydrogen-bond acceptors (Lipinski definition) is 2. The van der Waals surface area contributed by atoms with Gasteiger partial charge in [-0.25, -0.2) is 0 Å². The number of hydrogen-bond donors (Lipinski definition) is 0. The molecule has 0 aliphatic carbocycles. The lowest BCUT2D eigenvalue weighted by Crippen LogP contribution is -2.09. The maximum absolute atomic E-state index is 5.72. The predicted molar refractivity (Wildman–Crippen MR) is 247 cm³/mol. The zero-order chi connectivity index (χ0) is 39.3. The van der Waals surface area contributed by atoms with Crippen molar-refractivity contribution in [2.75, 3.05) is 12.0 Å². The molecule has 0 radical (unpaired) electrons. The molecule has 280 valence electrons. The highest BCUT2D eigenvalue weighted by molar-refractivity contribution is 6.13. The van der Waals surface area contributed by atoms with Crippen LogP contribution >= 0.6 is 0 Å². The number of anilines is 3. The van der Waals surface area contributed by atoms with Crippen molar-refractivity contribution in [3.8, 4) is 39.4 Å². The molecule has 4 heteroatoms. The first-order chi connectivity index (χ1) is 29.2. The Balaban J connectivity index is 1.08. The van der Waals surface area contributed by atoms with Crippen LogP contribution in [0.25, 0.3) is 77.2 Å². The van der Waals surface area contributed by atoms with Crippen LogP contribution in [0.4, 0.5) is 17.1 Å². The number of ether oxygens (including phenoxy) is 1. The molecule has 0 N–H and O–H groups in total. The van der Waals surface area contributed by atoms with Crippen molar-refractivity contribution < 1.29 is 4.74 Å². The lowest BCUT2D eigenvalue weighted by Gasteiger charge is -2.26. The number of benzene rings is 9. The summed E-state index contributed by atoms with van der Waals surface area (Å²) >= 11 is 0. The zero-order valence-electron chi connectivity index (χ0n) is 32.5. The highest BCUT2D eigenvalue weighted by Gasteiger charge is 2.18. The Hall–Kier alpha value is -7.82. The maximum atomic E-state index is 5.72. The minimum absolute atomic E-state index is 0.847. The second-order valence-electron chi connectivity index (χ2n) is 15.0. The summed E-state index contributed by atoms with van der Waals surface area (Å²) in [5.41, 5.74) is 14.9. The van der Waals surface area contributed by atoms with E-state index in [1.807, 2.05) is 6.07 Å². The van der Waals surface area contributed by atoms with Crippen LogP contribution in [0.5, 0.6) is 5.75 Å². The van der Waals surface area contributed by atoms with E-state index in [0.29, 0.717) is 0 Å². The van der Waals surface area contributed by atoms with Crippen molar-refractivity contribution in [3.63, 3.8) is 0 Å². The molecular formula is C55H39N3O. The van der Waals surface area contributed by atoms with Gasteiger partial charge in [0.2, 0.25) is 0 Å². The molecule has 0 aliphatic rings. The van der Waals surface area contributed by atoms with E-state index in [4.69, 9.17) is 4.74 Å². The third-order valence-corrected chi connectivity index (χ3v) is 11.6. The number of fused-ring (bicyclic) bond motifs is 6. The van der Waals surface area contributed by atoms with Gasteiger partial charge < -0.3 is 18.8 Å². The van der Waals surface area contributed by atoms with Gasteiger partial charge in [-0.2, -0.15) is 0 Å². The Morgan fingerprint density at radius 1 is 0.322 bits per heavy atom. The third-order valence-electron chi connectivity index (χ3n) is 11.6. The SMILES string of the molecule is COc1ccc2c(c1)c1cc(-c3ccc4c(c3)c3cc(-c5cccc(N(c6ccccc6)c6ccccc6)c5)ccc3n4-c3ccccc3)ccc1n2-c1ccccc1. The standard InChI is InChI=1S/C55H39N3O/c1-59-47-28-32-55-51(37-47)50-36-41(27-31-54(50)58(55)45-22-12-5-13-23-45)40-26-30-53-49(35-40)48-34-39(25-29-52(48)57(53)44-20-10-4-11-21-44)38-15-14-24-46(33-38)56(42-16-6-2-7-17-42)43-18-8-3-9-19-43/h2-37H,1H3. The molecule has 0 atom stereocenters. The molecule has 11 rings (SSSR count). The fourth-order valence-electron chi connectivity index (χ4n) is 8.83. The Kier molecular flexibility index (Phi) is 8.34. The van der Waals surface area contributed by atoms with Crippen LogP contribution in [0.3, 0.4) is 0 Å². The van der Waals surface area contributed by atoms with E-state index in [1.54, 1.807) is 7.11 Å². The molecule has 0 saturated carbocycles. The fourth-order valence-corrected chi connectivity index (χ4v) is 8.83. The third kappa shape index (κ3) is 5.93. The maximum Gasteiger partial charge on any atom is 0.119 e. The van der Waals surface area contributed by atoms with E-state index < -0.39 is 0 Å². The molecule has 0 bridgehead atoms. The molecule has 0 unspecified atom stereocenters. The Labute approximate surface area is 343 Å².